The van der Waals surface area contributed by atoms with E-state index >= 15 is 0 Å². The molecule has 0 aromatic carbocycles. The minimum absolute atomic E-state index is 0.0176. The third-order valence-corrected chi connectivity index (χ3v) is 4.30. The molecule has 2 unspecified atom stereocenters. The molecule has 0 bridgehead atoms. The molecule has 0 saturated heterocycles. The molecule has 1 aliphatic carbocycles. The van der Waals surface area contributed by atoms with Gasteiger partial charge < -0.3 is 11.1 Å². The lowest BCUT2D eigenvalue weighted by Crippen LogP contribution is -2.51. The Balaban J connectivity index is 2.04. The number of carbonyl (C=O) groups excluding carboxylic acids is 1. The second-order valence-corrected chi connectivity index (χ2v) is 5.95. The molecule has 0 radical (unpaired) electrons. The van der Waals surface area contributed by atoms with Gasteiger partial charge >= 0.3 is 0 Å². The molecule has 1 fully saturated rings. The number of nitrogens with zero attached hydrogens (tertiary/aromatic N) is 1. The molecule has 17 heavy (non-hydrogen) atoms. The number of thiazole rings is 1. The van der Waals surface area contributed by atoms with Crippen LogP contribution in [0.5, 0.6) is 0 Å². The van der Waals surface area contributed by atoms with Crippen LogP contribution in [-0.2, 0) is 4.79 Å². The first kappa shape index (κ1) is 12.5. The fourth-order valence-corrected chi connectivity index (χ4v) is 3.08. The van der Waals surface area contributed by atoms with Crippen LogP contribution in [0.4, 0.5) is 5.13 Å². The van der Waals surface area contributed by atoms with E-state index in [2.05, 4.69) is 10.3 Å². The fraction of sp³-hybridized carbons (Fsp3) is 0.667. The molecule has 2 atom stereocenters. The Morgan fingerprint density at radius 1 is 1.65 bits per heavy atom. The molecule has 1 aromatic rings. The van der Waals surface area contributed by atoms with Crippen molar-refractivity contribution in [2.45, 2.75) is 45.1 Å². The monoisotopic (exact) mass is 253 g/mol. The minimum Gasteiger partial charge on any atom is -0.325 e. The zero-order chi connectivity index (χ0) is 12.5. The number of nitrogens with two attached hydrogens (primary N) is 1. The quantitative estimate of drug-likeness (QED) is 0.849. The molecular formula is C12H19N3OS. The number of aryl methyl sites for hydroxylation is 1. The number of carbonyl (C=O) groups is 1. The van der Waals surface area contributed by atoms with Crippen molar-refractivity contribution in [2.75, 3.05) is 5.32 Å². The van der Waals surface area contributed by atoms with Crippen LogP contribution >= 0.6 is 11.3 Å². The molecule has 3 N–H and O–H groups in total. The zero-order valence-corrected chi connectivity index (χ0v) is 11.1. The summed E-state index contributed by atoms with van der Waals surface area (Å²) >= 11 is 1.46. The van der Waals surface area contributed by atoms with Gasteiger partial charge in [0, 0.05) is 10.9 Å². The maximum Gasteiger partial charge on any atom is 0.231 e. The third-order valence-electron chi connectivity index (χ3n) is 3.42. The zero-order valence-electron chi connectivity index (χ0n) is 10.3. The molecule has 5 heteroatoms. The Kier molecular flexibility index (Phi) is 3.49. The number of rotatable bonds is 2. The Labute approximate surface area is 106 Å². The maximum absolute atomic E-state index is 12.2. The molecule has 0 aliphatic heterocycles. The largest absolute Gasteiger partial charge is 0.325 e. The summed E-state index contributed by atoms with van der Waals surface area (Å²) in [7, 11) is 0. The molecular weight excluding hydrogens is 234 g/mol. The van der Waals surface area contributed by atoms with Crippen molar-refractivity contribution < 1.29 is 4.79 Å². The van der Waals surface area contributed by atoms with Crippen molar-refractivity contribution in [2.24, 2.45) is 11.7 Å². The predicted molar refractivity (Wildman–Crippen MR) is 70.0 cm³/mol. The van der Waals surface area contributed by atoms with Crippen molar-refractivity contribution in [3.63, 3.8) is 0 Å². The van der Waals surface area contributed by atoms with Gasteiger partial charge in [-0.25, -0.2) is 4.98 Å². The number of nitrogens with one attached hydrogen (secondary N) is 1. The number of hydrogen-bond acceptors (Lipinski definition) is 4. The average molecular weight is 253 g/mol. The van der Waals surface area contributed by atoms with Crippen LogP contribution in [0.3, 0.4) is 0 Å². The summed E-state index contributed by atoms with van der Waals surface area (Å²) in [6.45, 7) is 3.89. The topological polar surface area (TPSA) is 68.0 Å². The highest BCUT2D eigenvalue weighted by Gasteiger charge is 2.37. The van der Waals surface area contributed by atoms with Gasteiger partial charge in [0.15, 0.2) is 5.13 Å². The van der Waals surface area contributed by atoms with Gasteiger partial charge in [-0.1, -0.05) is 12.8 Å². The number of amides is 1. The standard InChI is InChI=1S/C12H19N3OS/c1-8-7-17-11(14-8)15-10(16)9-5-3-4-6-12(9,2)13/h7,9H,3-6,13H2,1-2H3,(H,14,15,16). The summed E-state index contributed by atoms with van der Waals surface area (Å²) in [5, 5.41) is 5.48. The van der Waals surface area contributed by atoms with E-state index in [-0.39, 0.29) is 17.4 Å². The van der Waals surface area contributed by atoms with Crippen molar-refractivity contribution in [1.29, 1.82) is 0 Å². The Morgan fingerprint density at radius 3 is 3.00 bits per heavy atom. The molecule has 2 rings (SSSR count). The average Bonchev–Trinajstić information content (AvgIpc) is 2.63. The lowest BCUT2D eigenvalue weighted by atomic mass is 9.74. The second kappa shape index (κ2) is 4.74. The molecule has 4 nitrogen and oxygen atoms in total. The summed E-state index contributed by atoms with van der Waals surface area (Å²) < 4.78 is 0. The second-order valence-electron chi connectivity index (χ2n) is 5.09. The van der Waals surface area contributed by atoms with E-state index in [0.29, 0.717) is 5.13 Å². The lowest BCUT2D eigenvalue weighted by Gasteiger charge is -2.36. The smallest absolute Gasteiger partial charge is 0.231 e. The molecule has 1 heterocycles. The van der Waals surface area contributed by atoms with Crippen LogP contribution in [-0.4, -0.2) is 16.4 Å². The third kappa shape index (κ3) is 2.84. The summed E-state index contributed by atoms with van der Waals surface area (Å²) in [5.74, 6) is -0.0792. The van der Waals surface area contributed by atoms with Crippen LogP contribution in [0.1, 0.15) is 38.3 Å². The van der Waals surface area contributed by atoms with Crippen molar-refractivity contribution in [3.05, 3.63) is 11.1 Å². The van der Waals surface area contributed by atoms with Crippen LogP contribution < -0.4 is 11.1 Å². The molecule has 94 valence electrons. The van der Waals surface area contributed by atoms with Gasteiger partial charge in [0.1, 0.15) is 0 Å². The molecule has 1 amide bonds. The van der Waals surface area contributed by atoms with Crippen molar-refractivity contribution >= 4 is 22.4 Å². The van der Waals surface area contributed by atoms with Crippen LogP contribution in [0.2, 0.25) is 0 Å². The van der Waals surface area contributed by atoms with E-state index in [0.717, 1.165) is 31.4 Å². The first-order chi connectivity index (χ1) is 7.99. The predicted octanol–water partition coefficient (Wildman–Crippen LogP) is 2.30. The highest BCUT2D eigenvalue weighted by atomic mass is 32.1. The summed E-state index contributed by atoms with van der Waals surface area (Å²) in [6, 6.07) is 0. The van der Waals surface area contributed by atoms with Crippen LogP contribution in [0, 0.1) is 12.8 Å². The Hall–Kier alpha value is -0.940. The SMILES string of the molecule is Cc1csc(NC(=O)C2CCCCC2(C)N)n1. The van der Waals surface area contributed by atoms with E-state index in [1.807, 2.05) is 19.2 Å². The van der Waals surface area contributed by atoms with E-state index < -0.39 is 0 Å². The minimum atomic E-state index is -0.380. The molecule has 1 saturated carbocycles. The van der Waals surface area contributed by atoms with Gasteiger partial charge in [0.05, 0.1) is 11.6 Å². The fourth-order valence-electron chi connectivity index (χ4n) is 2.39. The normalized spacial score (nSPS) is 29.0. The van der Waals surface area contributed by atoms with Crippen LogP contribution in [0.15, 0.2) is 5.38 Å². The first-order valence-corrected chi connectivity index (χ1v) is 6.89. The van der Waals surface area contributed by atoms with Gasteiger partial charge in [-0.3, -0.25) is 4.79 Å². The summed E-state index contributed by atoms with van der Waals surface area (Å²) in [5.41, 5.74) is 6.76. The Bertz CT molecular complexity index is 414. The number of hydrogen-bond donors (Lipinski definition) is 2. The van der Waals surface area contributed by atoms with Crippen molar-refractivity contribution in [3.8, 4) is 0 Å². The summed E-state index contributed by atoms with van der Waals surface area (Å²) in [4.78, 5) is 16.4. The molecule has 1 aliphatic rings. The van der Waals surface area contributed by atoms with Gasteiger partial charge in [-0.2, -0.15) is 0 Å². The first-order valence-electron chi connectivity index (χ1n) is 6.01. The van der Waals surface area contributed by atoms with Crippen LogP contribution in [0.25, 0.3) is 0 Å². The summed E-state index contributed by atoms with van der Waals surface area (Å²) in [6.07, 6.45) is 4.00. The number of aromatic nitrogens is 1. The van der Waals surface area contributed by atoms with E-state index in [4.69, 9.17) is 5.73 Å². The Morgan fingerprint density at radius 2 is 2.41 bits per heavy atom. The highest BCUT2D eigenvalue weighted by molar-refractivity contribution is 7.13. The van der Waals surface area contributed by atoms with Crippen molar-refractivity contribution in [1.82, 2.24) is 4.98 Å². The lowest BCUT2D eigenvalue weighted by molar-refractivity contribution is -0.122. The highest BCUT2D eigenvalue weighted by Crippen LogP contribution is 2.32. The molecule has 0 spiro atoms. The molecule has 1 aromatic heterocycles. The van der Waals surface area contributed by atoms with Gasteiger partial charge in [-0.15, -0.1) is 11.3 Å². The van der Waals surface area contributed by atoms with Gasteiger partial charge in [0.2, 0.25) is 5.91 Å². The maximum atomic E-state index is 12.2. The van der Waals surface area contributed by atoms with Gasteiger partial charge in [0.25, 0.3) is 0 Å². The van der Waals surface area contributed by atoms with E-state index in [9.17, 15) is 4.79 Å². The van der Waals surface area contributed by atoms with E-state index in [1.54, 1.807) is 0 Å². The number of anilines is 1. The van der Waals surface area contributed by atoms with Gasteiger partial charge in [-0.05, 0) is 26.7 Å². The van der Waals surface area contributed by atoms with E-state index in [1.165, 1.54) is 11.3 Å².